The first-order valence-electron chi connectivity index (χ1n) is 7.55. The fourth-order valence-corrected chi connectivity index (χ4v) is 4.80. The van der Waals surface area contributed by atoms with Gasteiger partial charge < -0.3 is 18.8 Å². The summed E-state index contributed by atoms with van der Waals surface area (Å²) < 4.78 is 75.2. The largest absolute Gasteiger partial charge is 0.741 e. The molecular weight excluding hydrogens is 397 g/mol. The topological polar surface area (TPSA) is 84.9 Å². The molecule has 1 fully saturated rings. The standard InChI is InChI=1S/C14H21O3S.CHF3O3S/c1-15-11-7-8-12(14(17-3)13(11)16-2)18-9-5-4-6-10-18;2-1(3,4)8(5,6)7/h7-8H,4-6,9-10H2,1-3H3;(H,5,6,7)/q+1;/p-1. The molecule has 1 aromatic carbocycles. The molecule has 150 valence electrons. The first-order chi connectivity index (χ1) is 12.1. The lowest BCUT2D eigenvalue weighted by Crippen LogP contribution is -2.21. The second-order valence-corrected chi connectivity index (χ2v) is 8.81. The molecule has 0 aromatic heterocycles. The van der Waals surface area contributed by atoms with Gasteiger partial charge in [0.15, 0.2) is 15.9 Å². The van der Waals surface area contributed by atoms with E-state index in [0.29, 0.717) is 10.9 Å². The number of benzene rings is 1. The minimum Gasteiger partial charge on any atom is -0.741 e. The zero-order valence-corrected chi connectivity index (χ0v) is 16.2. The first-order valence-corrected chi connectivity index (χ1v) is 10.5. The van der Waals surface area contributed by atoms with Crippen LogP contribution >= 0.6 is 0 Å². The van der Waals surface area contributed by atoms with Gasteiger partial charge in [-0.3, -0.25) is 0 Å². The third kappa shape index (κ3) is 5.85. The van der Waals surface area contributed by atoms with E-state index in [0.717, 1.165) is 17.2 Å². The van der Waals surface area contributed by atoms with E-state index >= 15 is 0 Å². The Morgan fingerprint density at radius 2 is 1.46 bits per heavy atom. The van der Waals surface area contributed by atoms with Crippen LogP contribution in [0.1, 0.15) is 19.3 Å². The molecule has 1 aliphatic rings. The van der Waals surface area contributed by atoms with E-state index in [4.69, 9.17) is 27.2 Å². The third-order valence-electron chi connectivity index (χ3n) is 3.54. The van der Waals surface area contributed by atoms with Gasteiger partial charge in [0.05, 0.1) is 21.3 Å². The van der Waals surface area contributed by atoms with Crippen LogP contribution in [0, 0.1) is 0 Å². The second-order valence-electron chi connectivity index (χ2n) is 5.19. The maximum absolute atomic E-state index is 10.7. The van der Waals surface area contributed by atoms with Gasteiger partial charge in [0, 0.05) is 17.0 Å². The minimum absolute atomic E-state index is 0.298. The molecule has 0 N–H and O–H groups in total. The van der Waals surface area contributed by atoms with Crippen LogP contribution in [0.5, 0.6) is 17.2 Å². The Morgan fingerprint density at radius 3 is 1.85 bits per heavy atom. The van der Waals surface area contributed by atoms with Gasteiger partial charge in [-0.05, 0) is 25.3 Å². The quantitative estimate of drug-likeness (QED) is 0.425. The SMILES string of the molecule is COc1ccc([S+]2CCCCC2)c(OC)c1OC.O=S(=O)([O-])C(F)(F)F. The molecular formula is C15H21F3O6S2. The summed E-state index contributed by atoms with van der Waals surface area (Å²) in [5, 5.41) is 0. The van der Waals surface area contributed by atoms with E-state index in [-0.39, 0.29) is 0 Å². The molecule has 0 atom stereocenters. The lowest BCUT2D eigenvalue weighted by Gasteiger charge is -2.18. The molecule has 2 rings (SSSR count). The van der Waals surface area contributed by atoms with Crippen LogP contribution in [0.25, 0.3) is 0 Å². The highest BCUT2D eigenvalue weighted by Crippen LogP contribution is 2.43. The Kier molecular flexibility index (Phi) is 8.35. The summed E-state index contributed by atoms with van der Waals surface area (Å²) in [5.41, 5.74) is -5.65. The lowest BCUT2D eigenvalue weighted by molar-refractivity contribution is -0.0517. The van der Waals surface area contributed by atoms with Crippen molar-refractivity contribution in [2.75, 3.05) is 32.8 Å². The molecule has 26 heavy (non-hydrogen) atoms. The van der Waals surface area contributed by atoms with Crippen LogP contribution in [0.4, 0.5) is 13.2 Å². The van der Waals surface area contributed by atoms with Gasteiger partial charge in [-0.15, -0.1) is 0 Å². The average molecular weight is 418 g/mol. The van der Waals surface area contributed by atoms with Crippen molar-refractivity contribution >= 4 is 21.0 Å². The van der Waals surface area contributed by atoms with Crippen LogP contribution in [0.2, 0.25) is 0 Å². The van der Waals surface area contributed by atoms with Gasteiger partial charge in [-0.25, -0.2) is 8.42 Å². The van der Waals surface area contributed by atoms with Gasteiger partial charge in [0.25, 0.3) is 0 Å². The predicted octanol–water partition coefficient (Wildman–Crippen LogP) is 2.92. The molecule has 1 aromatic rings. The molecule has 1 aliphatic heterocycles. The van der Waals surface area contributed by atoms with E-state index in [9.17, 15) is 13.2 Å². The van der Waals surface area contributed by atoms with Gasteiger partial charge >= 0.3 is 5.51 Å². The van der Waals surface area contributed by atoms with Crippen molar-refractivity contribution in [1.29, 1.82) is 0 Å². The van der Waals surface area contributed by atoms with Gasteiger partial charge in [-0.2, -0.15) is 13.2 Å². The Balaban J connectivity index is 0.000000359. The van der Waals surface area contributed by atoms with Crippen molar-refractivity contribution in [3.05, 3.63) is 12.1 Å². The van der Waals surface area contributed by atoms with Crippen molar-refractivity contribution in [3.63, 3.8) is 0 Å². The van der Waals surface area contributed by atoms with Crippen molar-refractivity contribution < 1.29 is 40.4 Å². The molecule has 0 spiro atoms. The molecule has 6 nitrogen and oxygen atoms in total. The number of rotatable bonds is 4. The molecule has 0 unspecified atom stereocenters. The molecule has 0 bridgehead atoms. The van der Waals surface area contributed by atoms with Crippen LogP contribution in [-0.2, 0) is 21.0 Å². The molecule has 1 saturated heterocycles. The molecule has 0 aliphatic carbocycles. The Morgan fingerprint density at radius 1 is 0.962 bits per heavy atom. The van der Waals surface area contributed by atoms with E-state index in [1.165, 1.54) is 35.7 Å². The first kappa shape index (κ1) is 22.7. The summed E-state index contributed by atoms with van der Waals surface area (Å²) in [6.07, 6.45) is 4.00. The lowest BCUT2D eigenvalue weighted by atomic mass is 10.3. The highest BCUT2D eigenvalue weighted by atomic mass is 32.2. The van der Waals surface area contributed by atoms with Crippen LogP contribution < -0.4 is 14.2 Å². The fourth-order valence-electron chi connectivity index (χ4n) is 2.35. The van der Waals surface area contributed by atoms with Crippen molar-refractivity contribution in [1.82, 2.24) is 0 Å². The number of hydrogen-bond donors (Lipinski definition) is 0. The summed E-state index contributed by atoms with van der Waals surface area (Å²) in [4.78, 5) is 1.29. The summed E-state index contributed by atoms with van der Waals surface area (Å²) in [6, 6.07) is 4.12. The van der Waals surface area contributed by atoms with E-state index in [1.807, 2.05) is 6.07 Å². The van der Waals surface area contributed by atoms with Crippen molar-refractivity contribution in [2.24, 2.45) is 0 Å². The minimum atomic E-state index is -6.09. The van der Waals surface area contributed by atoms with Gasteiger partial charge in [-0.1, -0.05) is 0 Å². The highest BCUT2D eigenvalue weighted by molar-refractivity contribution is 7.97. The maximum Gasteiger partial charge on any atom is 0.485 e. The third-order valence-corrected chi connectivity index (χ3v) is 6.62. The molecule has 0 saturated carbocycles. The zero-order valence-electron chi connectivity index (χ0n) is 14.6. The van der Waals surface area contributed by atoms with E-state index < -0.39 is 15.6 Å². The number of halogens is 3. The monoisotopic (exact) mass is 418 g/mol. The molecule has 0 amide bonds. The van der Waals surface area contributed by atoms with Crippen LogP contribution in [0.3, 0.4) is 0 Å². The normalized spacial score (nSPS) is 15.7. The van der Waals surface area contributed by atoms with Crippen molar-refractivity contribution in [2.45, 2.75) is 29.7 Å². The Hall–Kier alpha value is -1.33. The zero-order chi connectivity index (χ0) is 20.0. The summed E-state index contributed by atoms with van der Waals surface area (Å²) in [7, 11) is -0.776. The summed E-state index contributed by atoms with van der Waals surface area (Å²) in [5.74, 6) is 4.84. The number of hydrogen-bond acceptors (Lipinski definition) is 6. The van der Waals surface area contributed by atoms with Crippen LogP contribution in [-0.4, -0.2) is 51.3 Å². The van der Waals surface area contributed by atoms with Crippen LogP contribution in [0.15, 0.2) is 17.0 Å². The average Bonchev–Trinajstić information content (AvgIpc) is 2.59. The maximum atomic E-state index is 10.7. The Bertz CT molecular complexity index is 685. The summed E-state index contributed by atoms with van der Waals surface area (Å²) >= 11 is 0. The van der Waals surface area contributed by atoms with E-state index in [1.54, 1.807) is 21.3 Å². The fraction of sp³-hybridized carbons (Fsp3) is 0.600. The smallest absolute Gasteiger partial charge is 0.485 e. The Labute approximate surface area is 153 Å². The van der Waals surface area contributed by atoms with Crippen molar-refractivity contribution in [3.8, 4) is 17.2 Å². The van der Waals surface area contributed by atoms with Gasteiger partial charge in [0.1, 0.15) is 11.5 Å². The van der Waals surface area contributed by atoms with Gasteiger partial charge in [0.2, 0.25) is 16.4 Å². The highest BCUT2D eigenvalue weighted by Gasteiger charge is 2.37. The summed E-state index contributed by atoms with van der Waals surface area (Å²) in [6.45, 7) is 0. The predicted molar refractivity (Wildman–Crippen MR) is 91.1 cm³/mol. The number of methoxy groups -OCH3 is 3. The van der Waals surface area contributed by atoms with E-state index in [2.05, 4.69) is 6.07 Å². The molecule has 11 heteroatoms. The number of alkyl halides is 3. The molecule has 1 heterocycles. The number of ether oxygens (including phenoxy) is 3. The molecule has 0 radical (unpaired) electrons. The second kappa shape index (κ2) is 9.56.